The van der Waals surface area contributed by atoms with Crippen LogP contribution in [0.1, 0.15) is 16.1 Å². The number of hydrogen-bond acceptors (Lipinski definition) is 6. The smallest absolute Gasteiger partial charge is 0.339 e. The van der Waals surface area contributed by atoms with Crippen molar-refractivity contribution in [2.45, 2.75) is 5.60 Å². The highest BCUT2D eigenvalue weighted by Gasteiger charge is 2.45. The molecule has 0 bridgehead atoms. The Labute approximate surface area is 125 Å². The van der Waals surface area contributed by atoms with Crippen LogP contribution in [0.4, 0.5) is 4.39 Å². The maximum atomic E-state index is 14.1. The molecule has 2 aromatic heterocycles. The quantitative estimate of drug-likeness (QED) is 0.801. The lowest BCUT2D eigenvalue weighted by Crippen LogP contribution is -2.52. The van der Waals surface area contributed by atoms with Crippen LogP contribution in [0.3, 0.4) is 0 Å². The van der Waals surface area contributed by atoms with E-state index >= 15 is 0 Å². The van der Waals surface area contributed by atoms with E-state index in [2.05, 4.69) is 14.7 Å². The monoisotopic (exact) mass is 304 g/mol. The van der Waals surface area contributed by atoms with Crippen LogP contribution >= 0.6 is 0 Å². The van der Waals surface area contributed by atoms with Crippen LogP contribution in [0.15, 0.2) is 36.7 Å². The Bertz CT molecular complexity index is 689. The average molecular weight is 304 g/mol. The van der Waals surface area contributed by atoms with Crippen LogP contribution in [0.5, 0.6) is 5.88 Å². The molecule has 1 aliphatic heterocycles. The average Bonchev–Trinajstić information content (AvgIpc) is 2.52. The van der Waals surface area contributed by atoms with Gasteiger partial charge in [-0.2, -0.15) is 0 Å². The zero-order valence-electron chi connectivity index (χ0n) is 11.8. The first-order chi connectivity index (χ1) is 10.6. The van der Waals surface area contributed by atoms with Crippen molar-refractivity contribution >= 4 is 5.97 Å². The molecule has 0 atom stereocenters. The van der Waals surface area contributed by atoms with Gasteiger partial charge in [0.15, 0.2) is 11.4 Å². The zero-order valence-corrected chi connectivity index (χ0v) is 11.8. The molecule has 3 rings (SSSR count). The molecular formula is C15H13FN2O4. The molecule has 0 saturated carbocycles. The summed E-state index contributed by atoms with van der Waals surface area (Å²) in [5.74, 6) is -1.61. The van der Waals surface area contributed by atoms with Crippen LogP contribution in [0.25, 0.3) is 0 Å². The first kappa shape index (κ1) is 14.4. The number of carbonyl (C=O) groups excluding carboxylic acids is 1. The summed E-state index contributed by atoms with van der Waals surface area (Å²) in [6.45, 7) is 0.508. The van der Waals surface area contributed by atoms with Gasteiger partial charge in [-0.3, -0.25) is 4.98 Å². The maximum absolute atomic E-state index is 14.1. The van der Waals surface area contributed by atoms with Crippen molar-refractivity contribution in [1.29, 1.82) is 0 Å². The summed E-state index contributed by atoms with van der Waals surface area (Å²) in [4.78, 5) is 19.4. The van der Waals surface area contributed by atoms with Crippen molar-refractivity contribution in [2.24, 2.45) is 0 Å². The van der Waals surface area contributed by atoms with E-state index in [4.69, 9.17) is 9.47 Å². The Kier molecular flexibility index (Phi) is 3.72. The minimum atomic E-state index is -0.859. The second-order valence-corrected chi connectivity index (χ2v) is 4.81. The third-order valence-corrected chi connectivity index (χ3v) is 3.32. The van der Waals surface area contributed by atoms with Gasteiger partial charge >= 0.3 is 5.97 Å². The molecule has 0 amide bonds. The lowest BCUT2D eigenvalue weighted by molar-refractivity contribution is -0.172. The Morgan fingerprint density at radius 3 is 2.73 bits per heavy atom. The first-order valence-electron chi connectivity index (χ1n) is 6.57. The van der Waals surface area contributed by atoms with Crippen molar-refractivity contribution < 1.29 is 23.4 Å². The largest absolute Gasteiger partial charge is 0.465 e. The number of halogens is 1. The maximum Gasteiger partial charge on any atom is 0.339 e. The summed E-state index contributed by atoms with van der Waals surface area (Å²) >= 11 is 0. The third-order valence-electron chi connectivity index (χ3n) is 3.32. The van der Waals surface area contributed by atoms with Crippen LogP contribution in [-0.4, -0.2) is 36.3 Å². The van der Waals surface area contributed by atoms with Crippen molar-refractivity contribution in [3.05, 3.63) is 53.7 Å². The standard InChI is InChI=1S/C15H13FN2O4/c1-20-14(19)10-6-11(16)13(18-7-10)22-15(8-21-9-15)12-4-2-3-5-17-12/h2-7H,8-9H2,1H3. The normalized spacial score (nSPS) is 15.7. The first-order valence-corrected chi connectivity index (χ1v) is 6.57. The van der Waals surface area contributed by atoms with Crippen LogP contribution < -0.4 is 4.74 Å². The van der Waals surface area contributed by atoms with Gasteiger partial charge in [0.1, 0.15) is 0 Å². The number of ether oxygens (including phenoxy) is 3. The number of nitrogens with zero attached hydrogens (tertiary/aromatic N) is 2. The topological polar surface area (TPSA) is 70.5 Å². The molecule has 114 valence electrons. The van der Waals surface area contributed by atoms with E-state index in [0.717, 1.165) is 6.07 Å². The molecule has 0 unspecified atom stereocenters. The lowest BCUT2D eigenvalue weighted by Gasteiger charge is -2.40. The molecule has 0 N–H and O–H groups in total. The summed E-state index contributed by atoms with van der Waals surface area (Å²) in [6.07, 6.45) is 2.83. The second-order valence-electron chi connectivity index (χ2n) is 4.81. The number of aromatic nitrogens is 2. The van der Waals surface area contributed by atoms with Gasteiger partial charge in [-0.15, -0.1) is 0 Å². The van der Waals surface area contributed by atoms with Crippen molar-refractivity contribution in [1.82, 2.24) is 9.97 Å². The fraction of sp³-hybridized carbons (Fsp3) is 0.267. The molecule has 2 aromatic rings. The Morgan fingerprint density at radius 2 is 2.18 bits per heavy atom. The minimum absolute atomic E-state index is 0.0177. The van der Waals surface area contributed by atoms with Crippen molar-refractivity contribution in [2.75, 3.05) is 20.3 Å². The summed E-state index contributed by atoms with van der Waals surface area (Å²) in [7, 11) is 1.21. The summed E-state index contributed by atoms with van der Waals surface area (Å²) < 4.78 is 29.5. The molecule has 7 heteroatoms. The molecular weight excluding hydrogens is 291 g/mol. The number of methoxy groups -OCH3 is 1. The molecule has 1 saturated heterocycles. The Morgan fingerprint density at radius 1 is 1.36 bits per heavy atom. The molecule has 0 radical (unpaired) electrons. The van der Waals surface area contributed by atoms with Gasteiger partial charge in [-0.05, 0) is 18.2 Å². The van der Waals surface area contributed by atoms with Gasteiger partial charge < -0.3 is 14.2 Å². The molecule has 0 spiro atoms. The summed E-state index contributed by atoms with van der Waals surface area (Å²) in [5.41, 5.74) is -0.203. The van der Waals surface area contributed by atoms with Crippen molar-refractivity contribution in [3.8, 4) is 5.88 Å². The van der Waals surface area contributed by atoms with E-state index in [-0.39, 0.29) is 24.7 Å². The van der Waals surface area contributed by atoms with E-state index in [9.17, 15) is 9.18 Å². The van der Waals surface area contributed by atoms with Crippen molar-refractivity contribution in [3.63, 3.8) is 0 Å². The molecule has 22 heavy (non-hydrogen) atoms. The van der Waals surface area contributed by atoms with Crippen LogP contribution in [0, 0.1) is 5.82 Å². The fourth-order valence-corrected chi connectivity index (χ4v) is 2.09. The van der Waals surface area contributed by atoms with E-state index in [1.807, 2.05) is 6.07 Å². The molecule has 1 aliphatic rings. The van der Waals surface area contributed by atoms with Gasteiger partial charge in [0.05, 0.1) is 31.6 Å². The summed E-state index contributed by atoms with van der Waals surface area (Å²) in [6, 6.07) is 6.40. The predicted octanol–water partition coefficient (Wildman–Crippen LogP) is 1.71. The highest BCUT2D eigenvalue weighted by molar-refractivity contribution is 5.88. The predicted molar refractivity (Wildman–Crippen MR) is 72.9 cm³/mol. The van der Waals surface area contributed by atoms with Gasteiger partial charge in [0.2, 0.25) is 0 Å². The van der Waals surface area contributed by atoms with E-state index < -0.39 is 17.4 Å². The van der Waals surface area contributed by atoms with Crippen LogP contribution in [-0.2, 0) is 15.1 Å². The lowest BCUT2D eigenvalue weighted by atomic mass is 9.96. The number of hydrogen-bond donors (Lipinski definition) is 0. The number of pyridine rings is 2. The number of rotatable bonds is 4. The van der Waals surface area contributed by atoms with E-state index in [1.165, 1.54) is 13.3 Å². The highest BCUT2D eigenvalue weighted by Crippen LogP contribution is 2.34. The van der Waals surface area contributed by atoms with Gasteiger partial charge in [0, 0.05) is 12.4 Å². The van der Waals surface area contributed by atoms with Crippen LogP contribution in [0.2, 0.25) is 0 Å². The third kappa shape index (κ3) is 2.50. The SMILES string of the molecule is COC(=O)c1cnc(OC2(c3ccccn3)COC2)c(F)c1. The second kappa shape index (κ2) is 5.69. The molecule has 1 fully saturated rings. The summed E-state index contributed by atoms with van der Waals surface area (Å²) in [5, 5.41) is 0. The van der Waals surface area contributed by atoms with E-state index in [1.54, 1.807) is 18.3 Å². The molecule has 3 heterocycles. The minimum Gasteiger partial charge on any atom is -0.465 e. The Balaban J connectivity index is 1.87. The fourth-order valence-electron chi connectivity index (χ4n) is 2.09. The van der Waals surface area contributed by atoms with Gasteiger partial charge in [0.25, 0.3) is 5.88 Å². The van der Waals surface area contributed by atoms with E-state index in [0.29, 0.717) is 5.69 Å². The molecule has 0 aromatic carbocycles. The molecule has 6 nitrogen and oxygen atoms in total. The zero-order chi connectivity index (χ0) is 15.6. The number of carbonyl (C=O) groups is 1. The molecule has 0 aliphatic carbocycles. The highest BCUT2D eigenvalue weighted by atomic mass is 19.1. The Hall–Kier alpha value is -2.54. The van der Waals surface area contributed by atoms with Gasteiger partial charge in [-0.25, -0.2) is 14.2 Å². The number of esters is 1. The van der Waals surface area contributed by atoms with Gasteiger partial charge in [-0.1, -0.05) is 6.07 Å².